The molecule has 1 saturated carbocycles. The number of carboxylic acid groups (broad SMARTS) is 1. The molecule has 2 heterocycles. The smallest absolute Gasteiger partial charge is 0.305 e. The maximum absolute atomic E-state index is 12.9. The number of aliphatic carboxylic acids is 1. The molecule has 0 spiro atoms. The summed E-state index contributed by atoms with van der Waals surface area (Å²) in [6, 6.07) is 9.99. The summed E-state index contributed by atoms with van der Waals surface area (Å²) < 4.78 is 2.42. The summed E-state index contributed by atoms with van der Waals surface area (Å²) in [6.07, 6.45) is 7.06. The zero-order valence-electron chi connectivity index (χ0n) is 19.4. The molecule has 2 aromatic heterocycles. The first-order chi connectivity index (χ1) is 16.0. The quantitative estimate of drug-likeness (QED) is 0.416. The van der Waals surface area contributed by atoms with E-state index in [4.69, 9.17) is 10.1 Å². The standard InChI is InChI=1S/C26H33N3O3S/c1-3-7-19(15-25(30)31)27-26(32)18-11-12-23-21(14-18)28-24(16-20-9-6-13-33-20)29(23)22-10-5-4-8-17(22)2/h6,9,11-14,17,19,22H,3-5,7-8,10,15-16H2,1-2H3,(H,27,32)(H,30,31)/t17-,19?,22?/m1/s1. The van der Waals surface area contributed by atoms with E-state index in [2.05, 4.69) is 34.3 Å². The second-order valence-electron chi connectivity index (χ2n) is 9.24. The highest BCUT2D eigenvalue weighted by atomic mass is 32.1. The van der Waals surface area contributed by atoms with Gasteiger partial charge in [-0.25, -0.2) is 4.98 Å². The maximum atomic E-state index is 12.9. The van der Waals surface area contributed by atoms with Gasteiger partial charge in [-0.15, -0.1) is 11.3 Å². The molecular formula is C26H33N3O3S. The van der Waals surface area contributed by atoms with Crippen molar-refractivity contribution in [2.75, 3.05) is 0 Å². The predicted octanol–water partition coefficient (Wildman–Crippen LogP) is 5.81. The van der Waals surface area contributed by atoms with Crippen LogP contribution in [-0.4, -0.2) is 32.6 Å². The first-order valence-electron chi connectivity index (χ1n) is 12.0. The monoisotopic (exact) mass is 467 g/mol. The van der Waals surface area contributed by atoms with Crippen LogP contribution in [0.1, 0.15) is 85.9 Å². The fraction of sp³-hybridized carbons (Fsp3) is 0.500. The normalized spacial score (nSPS) is 19.5. The van der Waals surface area contributed by atoms with Crippen LogP contribution in [0.15, 0.2) is 35.7 Å². The van der Waals surface area contributed by atoms with Crippen molar-refractivity contribution in [1.29, 1.82) is 0 Å². The number of nitrogens with zero attached hydrogens (tertiary/aromatic N) is 2. The molecule has 2 N–H and O–H groups in total. The van der Waals surface area contributed by atoms with Crippen LogP contribution in [0.25, 0.3) is 11.0 Å². The summed E-state index contributed by atoms with van der Waals surface area (Å²) in [5, 5.41) is 14.2. The number of aromatic nitrogens is 2. The number of carboxylic acids is 1. The average Bonchev–Trinajstić information content (AvgIpc) is 3.41. The minimum Gasteiger partial charge on any atom is -0.481 e. The van der Waals surface area contributed by atoms with E-state index < -0.39 is 5.97 Å². The van der Waals surface area contributed by atoms with E-state index in [0.29, 0.717) is 23.9 Å². The van der Waals surface area contributed by atoms with Crippen molar-refractivity contribution in [3.63, 3.8) is 0 Å². The molecule has 1 aliphatic rings. The molecule has 33 heavy (non-hydrogen) atoms. The van der Waals surface area contributed by atoms with E-state index in [-0.39, 0.29) is 18.4 Å². The van der Waals surface area contributed by atoms with Crippen LogP contribution >= 0.6 is 11.3 Å². The van der Waals surface area contributed by atoms with Crippen LogP contribution < -0.4 is 5.32 Å². The molecule has 0 bridgehead atoms. The lowest BCUT2D eigenvalue weighted by atomic mass is 9.85. The third kappa shape index (κ3) is 5.46. The van der Waals surface area contributed by atoms with Gasteiger partial charge in [0.25, 0.3) is 5.91 Å². The largest absolute Gasteiger partial charge is 0.481 e. The Kier molecular flexibility index (Phi) is 7.48. The fourth-order valence-corrected chi connectivity index (χ4v) is 5.79. The van der Waals surface area contributed by atoms with Crippen molar-refractivity contribution in [1.82, 2.24) is 14.9 Å². The van der Waals surface area contributed by atoms with Crippen molar-refractivity contribution in [3.8, 4) is 0 Å². The molecule has 0 aliphatic heterocycles. The van der Waals surface area contributed by atoms with E-state index in [1.807, 2.05) is 25.1 Å². The Balaban J connectivity index is 1.67. The zero-order chi connectivity index (χ0) is 23.4. The summed E-state index contributed by atoms with van der Waals surface area (Å²) in [5.41, 5.74) is 2.43. The van der Waals surface area contributed by atoms with E-state index in [9.17, 15) is 9.59 Å². The van der Waals surface area contributed by atoms with Gasteiger partial charge in [0.05, 0.1) is 17.5 Å². The van der Waals surface area contributed by atoms with Gasteiger partial charge < -0.3 is 15.0 Å². The van der Waals surface area contributed by atoms with E-state index >= 15 is 0 Å². The molecule has 7 heteroatoms. The number of imidazole rings is 1. The molecule has 3 atom stereocenters. The average molecular weight is 468 g/mol. The zero-order valence-corrected chi connectivity index (χ0v) is 20.2. The minimum absolute atomic E-state index is 0.0685. The van der Waals surface area contributed by atoms with E-state index in [0.717, 1.165) is 36.1 Å². The molecule has 1 aromatic carbocycles. The number of amides is 1. The summed E-state index contributed by atoms with van der Waals surface area (Å²) >= 11 is 1.74. The van der Waals surface area contributed by atoms with E-state index in [1.54, 1.807) is 11.3 Å². The first kappa shape index (κ1) is 23.5. The molecule has 1 fully saturated rings. The number of nitrogens with one attached hydrogen (secondary N) is 1. The van der Waals surface area contributed by atoms with E-state index in [1.165, 1.54) is 24.1 Å². The Morgan fingerprint density at radius 2 is 2.09 bits per heavy atom. The van der Waals surface area contributed by atoms with Gasteiger partial charge in [0.1, 0.15) is 5.82 Å². The Labute approximate surface area is 199 Å². The van der Waals surface area contributed by atoms with Gasteiger partial charge in [-0.3, -0.25) is 9.59 Å². The second kappa shape index (κ2) is 10.5. The third-order valence-electron chi connectivity index (χ3n) is 6.73. The van der Waals surface area contributed by atoms with Gasteiger partial charge in [0, 0.05) is 28.9 Å². The van der Waals surface area contributed by atoms with Gasteiger partial charge in [-0.05, 0) is 54.8 Å². The molecule has 0 radical (unpaired) electrons. The Hall–Kier alpha value is -2.67. The number of hydrogen-bond donors (Lipinski definition) is 2. The first-order valence-corrected chi connectivity index (χ1v) is 12.9. The lowest BCUT2D eigenvalue weighted by Crippen LogP contribution is -2.36. The maximum Gasteiger partial charge on any atom is 0.305 e. The van der Waals surface area contributed by atoms with Gasteiger partial charge in [-0.2, -0.15) is 0 Å². The molecular weight excluding hydrogens is 434 g/mol. The number of carbonyl (C=O) groups is 2. The number of benzene rings is 1. The van der Waals surface area contributed by atoms with Crippen LogP contribution in [0.5, 0.6) is 0 Å². The van der Waals surface area contributed by atoms with Crippen molar-refractivity contribution in [2.45, 2.75) is 77.3 Å². The molecule has 176 valence electrons. The Bertz CT molecular complexity index is 1110. The van der Waals surface area contributed by atoms with Crippen LogP contribution in [-0.2, 0) is 11.2 Å². The topological polar surface area (TPSA) is 84.2 Å². The van der Waals surface area contributed by atoms with Gasteiger partial charge in [0.2, 0.25) is 0 Å². The minimum atomic E-state index is -0.900. The molecule has 1 amide bonds. The fourth-order valence-electron chi connectivity index (χ4n) is 5.09. The van der Waals surface area contributed by atoms with Crippen molar-refractivity contribution in [2.24, 2.45) is 5.92 Å². The van der Waals surface area contributed by atoms with Crippen molar-refractivity contribution in [3.05, 3.63) is 52.0 Å². The summed E-state index contributed by atoms with van der Waals surface area (Å²) in [7, 11) is 0. The SMILES string of the molecule is CCCC(CC(=O)O)NC(=O)c1ccc2c(c1)nc(Cc1cccs1)n2C1CCCC[C@H]1C. The number of fused-ring (bicyclic) bond motifs is 1. The number of hydrogen-bond acceptors (Lipinski definition) is 4. The molecule has 3 aromatic rings. The van der Waals surface area contributed by atoms with Gasteiger partial charge in [0.15, 0.2) is 0 Å². The summed E-state index contributed by atoms with van der Waals surface area (Å²) in [4.78, 5) is 30.4. The number of rotatable bonds is 9. The molecule has 6 nitrogen and oxygen atoms in total. The number of thiophene rings is 1. The molecule has 1 aliphatic carbocycles. The van der Waals surface area contributed by atoms with Crippen molar-refractivity contribution < 1.29 is 14.7 Å². The molecule has 2 unspecified atom stereocenters. The number of carbonyl (C=O) groups excluding carboxylic acids is 1. The van der Waals surface area contributed by atoms with Gasteiger partial charge in [-0.1, -0.05) is 39.2 Å². The van der Waals surface area contributed by atoms with Crippen LogP contribution in [0.3, 0.4) is 0 Å². The van der Waals surface area contributed by atoms with Crippen LogP contribution in [0.2, 0.25) is 0 Å². The third-order valence-corrected chi connectivity index (χ3v) is 7.60. The highest BCUT2D eigenvalue weighted by Gasteiger charge is 2.27. The lowest BCUT2D eigenvalue weighted by Gasteiger charge is -2.31. The molecule has 4 rings (SSSR count). The summed E-state index contributed by atoms with van der Waals surface area (Å²) in [5.74, 6) is 0.505. The lowest BCUT2D eigenvalue weighted by molar-refractivity contribution is -0.137. The second-order valence-corrected chi connectivity index (χ2v) is 10.3. The highest BCUT2D eigenvalue weighted by Crippen LogP contribution is 2.37. The Morgan fingerprint density at radius 1 is 1.27 bits per heavy atom. The summed E-state index contributed by atoms with van der Waals surface area (Å²) in [6.45, 7) is 4.32. The van der Waals surface area contributed by atoms with Crippen LogP contribution in [0.4, 0.5) is 0 Å². The van der Waals surface area contributed by atoms with Crippen molar-refractivity contribution >= 4 is 34.2 Å². The molecule has 0 saturated heterocycles. The van der Waals surface area contributed by atoms with Gasteiger partial charge >= 0.3 is 5.97 Å². The van der Waals surface area contributed by atoms with Crippen LogP contribution in [0, 0.1) is 5.92 Å². The predicted molar refractivity (Wildman–Crippen MR) is 132 cm³/mol. The Morgan fingerprint density at radius 3 is 2.79 bits per heavy atom. The highest BCUT2D eigenvalue weighted by molar-refractivity contribution is 7.09.